The number of rotatable bonds is 13. The van der Waals surface area contributed by atoms with E-state index in [0.29, 0.717) is 24.9 Å². The van der Waals surface area contributed by atoms with E-state index in [-0.39, 0.29) is 18.8 Å². The van der Waals surface area contributed by atoms with Crippen molar-refractivity contribution in [3.63, 3.8) is 0 Å². The number of hydrogen-bond acceptors (Lipinski definition) is 3. The zero-order valence-electron chi connectivity index (χ0n) is 13.9. The van der Waals surface area contributed by atoms with Crippen molar-refractivity contribution in [3.8, 4) is 0 Å². The lowest BCUT2D eigenvalue weighted by Crippen LogP contribution is -2.12. The summed E-state index contributed by atoms with van der Waals surface area (Å²) in [4.78, 5) is 21.8. The second-order valence-corrected chi connectivity index (χ2v) is 6.25. The predicted molar refractivity (Wildman–Crippen MR) is 84.1 cm³/mol. The van der Waals surface area contributed by atoms with E-state index in [1.807, 2.05) is 0 Å². The largest absolute Gasteiger partial charge is 0.481 e. The van der Waals surface area contributed by atoms with Crippen LogP contribution in [0.15, 0.2) is 0 Å². The maximum Gasteiger partial charge on any atom is 0.305 e. The molecular weight excluding hydrogens is 268 g/mol. The van der Waals surface area contributed by atoms with Crippen LogP contribution in [-0.4, -0.2) is 23.7 Å². The molecule has 4 nitrogen and oxygen atoms in total. The fourth-order valence-electron chi connectivity index (χ4n) is 2.53. The van der Waals surface area contributed by atoms with Crippen LogP contribution in [0, 0.1) is 11.8 Å². The lowest BCUT2D eigenvalue weighted by molar-refractivity contribution is -0.144. The van der Waals surface area contributed by atoms with Crippen LogP contribution in [0.4, 0.5) is 0 Å². The minimum Gasteiger partial charge on any atom is -0.481 e. The fraction of sp³-hybridized carbons (Fsp3) is 0.882. The molecule has 0 aromatic carbocycles. The molecule has 0 saturated carbocycles. The van der Waals surface area contributed by atoms with Crippen LogP contribution >= 0.6 is 0 Å². The van der Waals surface area contributed by atoms with Gasteiger partial charge in [-0.3, -0.25) is 9.59 Å². The third kappa shape index (κ3) is 13.7. The summed E-state index contributed by atoms with van der Waals surface area (Å²) in [6, 6.07) is 0. The van der Waals surface area contributed by atoms with Crippen molar-refractivity contribution in [2.24, 2.45) is 11.8 Å². The Balaban J connectivity index is 3.83. The van der Waals surface area contributed by atoms with E-state index in [1.54, 1.807) is 0 Å². The molecule has 4 heteroatoms. The van der Waals surface area contributed by atoms with Crippen LogP contribution < -0.4 is 0 Å². The van der Waals surface area contributed by atoms with Crippen molar-refractivity contribution in [1.82, 2.24) is 0 Å². The zero-order chi connectivity index (χ0) is 16.1. The molecule has 0 aliphatic carbocycles. The molecule has 0 aromatic rings. The molecule has 0 radical (unpaired) electrons. The van der Waals surface area contributed by atoms with Crippen molar-refractivity contribution < 1.29 is 19.4 Å². The second-order valence-electron chi connectivity index (χ2n) is 6.25. The molecule has 0 spiro atoms. The summed E-state index contributed by atoms with van der Waals surface area (Å²) in [7, 11) is 0. The highest BCUT2D eigenvalue weighted by Gasteiger charge is 2.12. The van der Waals surface area contributed by atoms with E-state index in [4.69, 9.17) is 9.84 Å². The quantitative estimate of drug-likeness (QED) is 0.404. The van der Waals surface area contributed by atoms with Crippen molar-refractivity contribution in [2.45, 2.75) is 78.6 Å². The van der Waals surface area contributed by atoms with Gasteiger partial charge in [0.2, 0.25) is 0 Å². The van der Waals surface area contributed by atoms with Crippen LogP contribution in [-0.2, 0) is 14.3 Å². The Bertz CT molecular complexity index is 287. The molecule has 124 valence electrons. The van der Waals surface area contributed by atoms with Crippen molar-refractivity contribution in [3.05, 3.63) is 0 Å². The Morgan fingerprint density at radius 3 is 2.33 bits per heavy atom. The van der Waals surface area contributed by atoms with Crippen molar-refractivity contribution >= 4 is 11.9 Å². The number of carbonyl (C=O) groups is 2. The van der Waals surface area contributed by atoms with Gasteiger partial charge in [0.15, 0.2) is 0 Å². The number of ether oxygens (including phenoxy) is 1. The average Bonchev–Trinajstić information content (AvgIpc) is 2.37. The normalized spacial score (nSPS) is 12.4. The van der Waals surface area contributed by atoms with E-state index < -0.39 is 5.97 Å². The Morgan fingerprint density at radius 1 is 1.05 bits per heavy atom. The van der Waals surface area contributed by atoms with Gasteiger partial charge >= 0.3 is 11.9 Å². The lowest BCUT2D eigenvalue weighted by atomic mass is 9.90. The second kappa shape index (κ2) is 12.7. The Morgan fingerprint density at radius 2 is 1.76 bits per heavy atom. The lowest BCUT2D eigenvalue weighted by Gasteiger charge is -2.18. The minimum atomic E-state index is -0.865. The number of carbonyl (C=O) groups excluding carboxylic acids is 1. The molecule has 21 heavy (non-hydrogen) atoms. The molecule has 0 aromatic heterocycles. The number of unbranched alkanes of at least 4 members (excludes halogenated alkanes) is 2. The fourth-order valence-corrected chi connectivity index (χ4v) is 2.53. The van der Waals surface area contributed by atoms with Gasteiger partial charge in [0.1, 0.15) is 0 Å². The van der Waals surface area contributed by atoms with Crippen molar-refractivity contribution in [2.75, 3.05) is 6.61 Å². The summed E-state index contributed by atoms with van der Waals surface area (Å²) in [5.41, 5.74) is 0. The first kappa shape index (κ1) is 19.9. The summed E-state index contributed by atoms with van der Waals surface area (Å²) >= 11 is 0. The Kier molecular flexibility index (Phi) is 12.0. The van der Waals surface area contributed by atoms with Gasteiger partial charge in [0.05, 0.1) is 6.61 Å². The highest BCUT2D eigenvalue weighted by Crippen LogP contribution is 2.22. The summed E-state index contributed by atoms with van der Waals surface area (Å²) < 4.78 is 5.21. The standard InChI is InChI=1S/C17H32O4/c1-4-5-6-8-15(13-14(2)3)11-12-21-17(20)10-7-9-16(18)19/h14-15H,4-13H2,1-3H3,(H,18,19)/t15-/m0/s1. The van der Waals surface area contributed by atoms with Crippen LogP contribution in [0.2, 0.25) is 0 Å². The molecular formula is C17H32O4. The van der Waals surface area contributed by atoms with E-state index in [0.717, 1.165) is 6.42 Å². The first-order chi connectivity index (χ1) is 9.95. The smallest absolute Gasteiger partial charge is 0.305 e. The zero-order valence-corrected chi connectivity index (χ0v) is 13.9. The first-order valence-corrected chi connectivity index (χ1v) is 8.33. The maximum absolute atomic E-state index is 11.5. The van der Waals surface area contributed by atoms with Crippen LogP contribution in [0.3, 0.4) is 0 Å². The van der Waals surface area contributed by atoms with E-state index in [2.05, 4.69) is 20.8 Å². The van der Waals surface area contributed by atoms with Gasteiger partial charge in [-0.15, -0.1) is 0 Å². The van der Waals surface area contributed by atoms with E-state index in [1.165, 1.54) is 32.1 Å². The van der Waals surface area contributed by atoms with Gasteiger partial charge in [-0.1, -0.05) is 46.5 Å². The summed E-state index contributed by atoms with van der Waals surface area (Å²) in [5, 5.41) is 8.51. The predicted octanol–water partition coefficient (Wildman–Crippen LogP) is 4.42. The van der Waals surface area contributed by atoms with Gasteiger partial charge in [0, 0.05) is 12.8 Å². The SMILES string of the molecule is CCCCC[C@@H](CCOC(=O)CCCC(=O)O)CC(C)C. The van der Waals surface area contributed by atoms with E-state index >= 15 is 0 Å². The van der Waals surface area contributed by atoms with Gasteiger partial charge in [-0.05, 0) is 31.1 Å². The van der Waals surface area contributed by atoms with Gasteiger partial charge in [-0.25, -0.2) is 0 Å². The molecule has 0 rings (SSSR count). The number of esters is 1. The molecule has 0 fully saturated rings. The molecule has 1 N–H and O–H groups in total. The number of hydrogen-bond donors (Lipinski definition) is 1. The van der Waals surface area contributed by atoms with Gasteiger partial charge < -0.3 is 9.84 Å². The maximum atomic E-state index is 11.5. The minimum absolute atomic E-state index is 0.0299. The third-order valence-corrected chi connectivity index (χ3v) is 3.58. The molecule has 1 atom stereocenters. The average molecular weight is 300 g/mol. The summed E-state index contributed by atoms with van der Waals surface area (Å²) in [6.45, 7) is 7.13. The Hall–Kier alpha value is -1.06. The van der Waals surface area contributed by atoms with Crippen LogP contribution in [0.5, 0.6) is 0 Å². The molecule has 0 heterocycles. The van der Waals surface area contributed by atoms with E-state index in [9.17, 15) is 9.59 Å². The molecule has 0 aliphatic heterocycles. The highest BCUT2D eigenvalue weighted by atomic mass is 16.5. The number of aliphatic carboxylic acids is 1. The molecule has 0 aliphatic rings. The van der Waals surface area contributed by atoms with Crippen LogP contribution in [0.1, 0.15) is 78.6 Å². The monoisotopic (exact) mass is 300 g/mol. The summed E-state index contributed by atoms with van der Waals surface area (Å²) in [6.07, 6.45) is 7.66. The van der Waals surface area contributed by atoms with Crippen LogP contribution in [0.25, 0.3) is 0 Å². The molecule has 0 saturated heterocycles. The highest BCUT2D eigenvalue weighted by molar-refractivity contribution is 5.71. The topological polar surface area (TPSA) is 63.6 Å². The third-order valence-electron chi connectivity index (χ3n) is 3.58. The van der Waals surface area contributed by atoms with Gasteiger partial charge in [-0.2, -0.15) is 0 Å². The molecule has 0 unspecified atom stereocenters. The Labute approximate surface area is 129 Å². The molecule has 0 amide bonds. The number of carboxylic acid groups (broad SMARTS) is 1. The molecule has 0 bridgehead atoms. The van der Waals surface area contributed by atoms with Crippen molar-refractivity contribution in [1.29, 1.82) is 0 Å². The number of carboxylic acids is 1. The first-order valence-electron chi connectivity index (χ1n) is 8.33. The summed E-state index contributed by atoms with van der Waals surface area (Å²) in [5.74, 6) is 0.162. The van der Waals surface area contributed by atoms with Gasteiger partial charge in [0.25, 0.3) is 0 Å².